The van der Waals surface area contributed by atoms with Crippen molar-refractivity contribution in [3.8, 4) is 0 Å². The molecule has 6 heteroatoms. The summed E-state index contributed by atoms with van der Waals surface area (Å²) in [5.74, 6) is -0.204. The molecule has 5 nitrogen and oxygen atoms in total. The molecule has 0 unspecified atom stereocenters. The Morgan fingerprint density at radius 1 is 1.23 bits per heavy atom. The summed E-state index contributed by atoms with van der Waals surface area (Å²) in [4.78, 5) is 18.4. The summed E-state index contributed by atoms with van der Waals surface area (Å²) >= 11 is 6.35. The van der Waals surface area contributed by atoms with E-state index in [1.807, 2.05) is 18.2 Å². The number of ether oxygens (including phenoxy) is 1. The fraction of sp³-hybridized carbons (Fsp3) is 0.250. The molecular formula is C16H16ClN3O2. The molecule has 0 radical (unpaired) electrons. The molecule has 2 heterocycles. The molecule has 2 aromatic rings. The van der Waals surface area contributed by atoms with Crippen LogP contribution in [0.5, 0.6) is 0 Å². The van der Waals surface area contributed by atoms with Crippen molar-refractivity contribution in [1.82, 2.24) is 4.98 Å². The van der Waals surface area contributed by atoms with E-state index in [4.69, 9.17) is 16.3 Å². The van der Waals surface area contributed by atoms with Gasteiger partial charge >= 0.3 is 0 Å². The van der Waals surface area contributed by atoms with Crippen molar-refractivity contribution >= 4 is 28.9 Å². The van der Waals surface area contributed by atoms with Crippen molar-refractivity contribution in [2.75, 3.05) is 36.5 Å². The fourth-order valence-corrected chi connectivity index (χ4v) is 2.71. The molecule has 1 amide bonds. The first-order valence-electron chi connectivity index (χ1n) is 7.08. The first kappa shape index (κ1) is 14.8. The van der Waals surface area contributed by atoms with Gasteiger partial charge in [0.15, 0.2) is 0 Å². The first-order valence-corrected chi connectivity index (χ1v) is 7.46. The summed E-state index contributed by atoms with van der Waals surface area (Å²) < 4.78 is 5.37. The summed E-state index contributed by atoms with van der Waals surface area (Å²) in [6.45, 7) is 2.81. The van der Waals surface area contributed by atoms with Crippen LogP contribution >= 0.6 is 11.6 Å². The smallest absolute Gasteiger partial charge is 0.257 e. The highest BCUT2D eigenvalue weighted by Gasteiger charge is 2.19. The van der Waals surface area contributed by atoms with Crippen molar-refractivity contribution in [3.63, 3.8) is 0 Å². The minimum Gasteiger partial charge on any atom is -0.378 e. The Kier molecular flexibility index (Phi) is 4.56. The molecule has 1 aliphatic rings. The lowest BCUT2D eigenvalue weighted by Gasteiger charge is -2.31. The Morgan fingerprint density at radius 3 is 2.77 bits per heavy atom. The number of nitrogens with one attached hydrogen (secondary N) is 1. The Bertz CT molecular complexity index is 658. The standard InChI is InChI=1S/C16H16ClN3O2/c17-13-4-1-5-14(15(13)20-7-9-22-10-8-20)19-16(21)12-3-2-6-18-11-12/h1-6,11H,7-10H2,(H,19,21). The van der Waals surface area contributed by atoms with E-state index in [-0.39, 0.29) is 5.91 Å². The molecule has 1 aromatic carbocycles. The summed E-state index contributed by atoms with van der Waals surface area (Å²) in [5.41, 5.74) is 2.04. The lowest BCUT2D eigenvalue weighted by atomic mass is 10.2. The summed E-state index contributed by atoms with van der Waals surface area (Å²) in [7, 11) is 0. The second-order valence-electron chi connectivity index (χ2n) is 4.93. The Labute approximate surface area is 133 Å². The van der Waals surface area contributed by atoms with Crippen LogP contribution in [0.4, 0.5) is 11.4 Å². The zero-order valence-electron chi connectivity index (χ0n) is 12.0. The van der Waals surface area contributed by atoms with Gasteiger partial charge in [-0.25, -0.2) is 0 Å². The second kappa shape index (κ2) is 6.77. The Hall–Kier alpha value is -2.11. The highest BCUT2D eigenvalue weighted by molar-refractivity contribution is 6.34. The van der Waals surface area contributed by atoms with E-state index < -0.39 is 0 Å². The normalized spacial score (nSPS) is 14.7. The average Bonchev–Trinajstić information content (AvgIpc) is 2.56. The monoisotopic (exact) mass is 317 g/mol. The van der Waals surface area contributed by atoms with E-state index in [1.165, 1.54) is 6.20 Å². The maximum absolute atomic E-state index is 12.3. The van der Waals surface area contributed by atoms with Gasteiger partial charge in [0.1, 0.15) is 0 Å². The number of carbonyl (C=O) groups excluding carboxylic acids is 1. The minimum absolute atomic E-state index is 0.204. The van der Waals surface area contributed by atoms with E-state index in [1.54, 1.807) is 18.3 Å². The number of hydrogen-bond acceptors (Lipinski definition) is 4. The lowest BCUT2D eigenvalue weighted by Crippen LogP contribution is -2.37. The molecule has 1 N–H and O–H groups in total. The average molecular weight is 318 g/mol. The lowest BCUT2D eigenvalue weighted by molar-refractivity contribution is 0.102. The number of rotatable bonds is 3. The zero-order chi connectivity index (χ0) is 15.4. The topological polar surface area (TPSA) is 54.5 Å². The molecule has 0 saturated carbocycles. The molecule has 1 fully saturated rings. The minimum atomic E-state index is -0.204. The number of para-hydroxylation sites is 1. The molecule has 1 aliphatic heterocycles. The Balaban J connectivity index is 1.87. The van der Waals surface area contributed by atoms with Gasteiger partial charge in [0.25, 0.3) is 5.91 Å². The number of carbonyl (C=O) groups is 1. The van der Waals surface area contributed by atoms with Gasteiger partial charge < -0.3 is 15.0 Å². The summed E-state index contributed by atoms with van der Waals surface area (Å²) in [6.07, 6.45) is 3.17. The van der Waals surface area contributed by atoms with E-state index in [9.17, 15) is 4.79 Å². The molecule has 22 heavy (non-hydrogen) atoms. The largest absolute Gasteiger partial charge is 0.378 e. The summed E-state index contributed by atoms with van der Waals surface area (Å²) in [6, 6.07) is 8.96. The number of nitrogens with zero attached hydrogens (tertiary/aromatic N) is 2. The van der Waals surface area contributed by atoms with E-state index in [0.717, 1.165) is 18.8 Å². The van der Waals surface area contributed by atoms with Crippen molar-refractivity contribution in [3.05, 3.63) is 53.3 Å². The van der Waals surface area contributed by atoms with Crippen LogP contribution in [0.15, 0.2) is 42.7 Å². The predicted octanol–water partition coefficient (Wildman–Crippen LogP) is 2.82. The molecule has 0 spiro atoms. The van der Waals surface area contributed by atoms with Gasteiger partial charge in [0.05, 0.1) is 35.2 Å². The second-order valence-corrected chi connectivity index (χ2v) is 5.34. The maximum Gasteiger partial charge on any atom is 0.257 e. The van der Waals surface area contributed by atoms with E-state index in [2.05, 4.69) is 15.2 Å². The number of amides is 1. The first-order chi connectivity index (χ1) is 10.8. The van der Waals surface area contributed by atoms with Crippen LogP contribution in [0.1, 0.15) is 10.4 Å². The third-order valence-electron chi connectivity index (χ3n) is 3.49. The van der Waals surface area contributed by atoms with Gasteiger partial charge in [-0.2, -0.15) is 0 Å². The molecule has 1 saturated heterocycles. The third-order valence-corrected chi connectivity index (χ3v) is 3.79. The van der Waals surface area contributed by atoms with Gasteiger partial charge in [-0.3, -0.25) is 9.78 Å². The van der Waals surface area contributed by atoms with Crippen LogP contribution in [0.2, 0.25) is 5.02 Å². The number of anilines is 2. The Morgan fingerprint density at radius 2 is 2.05 bits per heavy atom. The number of aromatic nitrogens is 1. The third kappa shape index (κ3) is 3.21. The van der Waals surface area contributed by atoms with E-state index >= 15 is 0 Å². The number of benzene rings is 1. The van der Waals surface area contributed by atoms with Crippen molar-refractivity contribution in [2.45, 2.75) is 0 Å². The van der Waals surface area contributed by atoms with E-state index in [0.29, 0.717) is 29.5 Å². The fourth-order valence-electron chi connectivity index (χ4n) is 2.42. The predicted molar refractivity (Wildman–Crippen MR) is 86.7 cm³/mol. The van der Waals surface area contributed by atoms with Gasteiger partial charge in [0, 0.05) is 25.5 Å². The van der Waals surface area contributed by atoms with Crippen molar-refractivity contribution < 1.29 is 9.53 Å². The number of pyridine rings is 1. The van der Waals surface area contributed by atoms with Crippen molar-refractivity contribution in [1.29, 1.82) is 0 Å². The summed E-state index contributed by atoms with van der Waals surface area (Å²) in [5, 5.41) is 3.54. The van der Waals surface area contributed by atoms with Crippen LogP contribution in [0.3, 0.4) is 0 Å². The molecule has 3 rings (SSSR count). The van der Waals surface area contributed by atoms with Crippen LogP contribution in [-0.2, 0) is 4.74 Å². The van der Waals surface area contributed by atoms with Crippen LogP contribution < -0.4 is 10.2 Å². The zero-order valence-corrected chi connectivity index (χ0v) is 12.7. The molecule has 0 bridgehead atoms. The van der Waals surface area contributed by atoms with Crippen LogP contribution in [0, 0.1) is 0 Å². The molecule has 1 aromatic heterocycles. The number of morpholine rings is 1. The van der Waals surface area contributed by atoms with Gasteiger partial charge in [-0.05, 0) is 24.3 Å². The van der Waals surface area contributed by atoms with Crippen molar-refractivity contribution in [2.24, 2.45) is 0 Å². The van der Waals surface area contributed by atoms with Gasteiger partial charge in [0.2, 0.25) is 0 Å². The molecule has 0 aliphatic carbocycles. The highest BCUT2D eigenvalue weighted by atomic mass is 35.5. The highest BCUT2D eigenvalue weighted by Crippen LogP contribution is 2.34. The SMILES string of the molecule is O=C(Nc1cccc(Cl)c1N1CCOCC1)c1cccnc1. The number of hydrogen-bond donors (Lipinski definition) is 1. The number of halogens is 1. The quantitative estimate of drug-likeness (QED) is 0.946. The van der Waals surface area contributed by atoms with Crippen LogP contribution in [0.25, 0.3) is 0 Å². The van der Waals surface area contributed by atoms with Crippen LogP contribution in [-0.4, -0.2) is 37.2 Å². The van der Waals surface area contributed by atoms with Gasteiger partial charge in [-0.1, -0.05) is 17.7 Å². The maximum atomic E-state index is 12.3. The molecule has 114 valence electrons. The van der Waals surface area contributed by atoms with Gasteiger partial charge in [-0.15, -0.1) is 0 Å². The molecular weight excluding hydrogens is 302 g/mol. The molecule has 0 atom stereocenters.